The molecule has 2 heterocycles. The van der Waals surface area contributed by atoms with Crippen molar-refractivity contribution in [2.45, 2.75) is 39.0 Å². The van der Waals surface area contributed by atoms with Crippen molar-refractivity contribution in [3.8, 4) is 22.9 Å². The van der Waals surface area contributed by atoms with E-state index in [2.05, 4.69) is 15.1 Å². The Balaban J connectivity index is 1.83. The van der Waals surface area contributed by atoms with E-state index < -0.39 is 11.8 Å². The number of ether oxygens (including phenoxy) is 2. The van der Waals surface area contributed by atoms with Gasteiger partial charge in [-0.2, -0.15) is 5.10 Å². The molecule has 2 aromatic heterocycles. The summed E-state index contributed by atoms with van der Waals surface area (Å²) in [6, 6.07) is 3.53. The van der Waals surface area contributed by atoms with Gasteiger partial charge in [-0.3, -0.25) is 4.98 Å². The molecule has 0 unspecified atom stereocenters. The Bertz CT molecular complexity index is 1120. The molecule has 1 aromatic carbocycles. The lowest BCUT2D eigenvalue weighted by Gasteiger charge is -2.28. The predicted octanol–water partition coefficient (Wildman–Crippen LogP) is 4.14. The summed E-state index contributed by atoms with van der Waals surface area (Å²) in [5.41, 5.74) is 7.56. The second-order valence-corrected chi connectivity index (χ2v) is 7.51. The van der Waals surface area contributed by atoms with Crippen LogP contribution in [0.25, 0.3) is 11.3 Å². The van der Waals surface area contributed by atoms with Crippen LogP contribution in [0.5, 0.6) is 11.6 Å². The van der Waals surface area contributed by atoms with Crippen molar-refractivity contribution in [3.05, 3.63) is 47.2 Å². The summed E-state index contributed by atoms with van der Waals surface area (Å²) in [7, 11) is 1.64. The minimum Gasteiger partial charge on any atom is -0.462 e. The maximum atomic E-state index is 15.8. The molecule has 1 aliphatic rings. The van der Waals surface area contributed by atoms with Gasteiger partial charge in [0.2, 0.25) is 5.88 Å². The number of nitrogens with two attached hydrogens (primary N) is 1. The monoisotopic (exact) mass is 425 g/mol. The summed E-state index contributed by atoms with van der Waals surface area (Å²) >= 11 is 0. The van der Waals surface area contributed by atoms with E-state index in [1.54, 1.807) is 27.0 Å². The molecule has 1 aliphatic carbocycles. The second kappa shape index (κ2) is 8.33. The molecule has 1 saturated carbocycles. The third-order valence-corrected chi connectivity index (χ3v) is 5.47. The van der Waals surface area contributed by atoms with E-state index in [0.717, 1.165) is 24.8 Å². The zero-order chi connectivity index (χ0) is 22.1. The van der Waals surface area contributed by atoms with E-state index in [4.69, 9.17) is 15.2 Å². The molecule has 162 valence electrons. The summed E-state index contributed by atoms with van der Waals surface area (Å²) in [6.07, 6.45) is 5.77. The fourth-order valence-corrected chi connectivity index (χ4v) is 3.68. The number of anilines is 1. The minimum atomic E-state index is -0.572. The third-order valence-electron chi connectivity index (χ3n) is 5.47. The van der Waals surface area contributed by atoms with Gasteiger partial charge in [-0.25, -0.2) is 18.9 Å². The Labute approximate surface area is 179 Å². The lowest BCUT2D eigenvalue weighted by Crippen LogP contribution is -2.13. The van der Waals surface area contributed by atoms with Gasteiger partial charge >= 0.3 is 5.97 Å². The molecule has 0 atom stereocenters. The van der Waals surface area contributed by atoms with Crippen molar-refractivity contribution in [1.82, 2.24) is 19.7 Å². The lowest BCUT2D eigenvalue weighted by atomic mass is 9.79. The molecule has 0 radical (unpaired) electrons. The van der Waals surface area contributed by atoms with Crippen molar-refractivity contribution in [2.75, 3.05) is 12.3 Å². The molecule has 3 aromatic rings. The smallest absolute Gasteiger partial charge is 0.345 e. The van der Waals surface area contributed by atoms with Crippen molar-refractivity contribution >= 4 is 11.8 Å². The number of benzene rings is 1. The Morgan fingerprint density at radius 3 is 2.68 bits per heavy atom. The van der Waals surface area contributed by atoms with Crippen LogP contribution in [-0.4, -0.2) is 32.3 Å². The first-order valence-corrected chi connectivity index (χ1v) is 10.2. The molecule has 4 rings (SSSR count). The van der Waals surface area contributed by atoms with E-state index in [0.29, 0.717) is 11.4 Å². The van der Waals surface area contributed by atoms with E-state index in [1.807, 2.05) is 6.07 Å². The van der Waals surface area contributed by atoms with Gasteiger partial charge in [-0.1, -0.05) is 12.5 Å². The van der Waals surface area contributed by atoms with Crippen LogP contribution in [0.4, 0.5) is 10.2 Å². The highest BCUT2D eigenvalue weighted by Gasteiger charge is 2.30. The molecule has 8 nitrogen and oxygen atoms in total. The number of aromatic nitrogens is 4. The fraction of sp³-hybridized carbons (Fsp3) is 0.364. The van der Waals surface area contributed by atoms with E-state index in [9.17, 15) is 4.79 Å². The Kier molecular flexibility index (Phi) is 5.58. The highest BCUT2D eigenvalue weighted by atomic mass is 19.1. The molecule has 9 heteroatoms. The number of halogens is 1. The quantitative estimate of drug-likeness (QED) is 0.592. The SMILES string of the molecule is CCOC(=O)c1c(C)nn(C)c1Oc1c(C2CCC2)ccc(-c2cnc(N)cn2)c1F. The molecule has 31 heavy (non-hydrogen) atoms. The number of carbonyl (C=O) groups excluding carboxylic acids is 1. The summed E-state index contributed by atoms with van der Waals surface area (Å²) in [5, 5.41) is 4.27. The molecule has 0 bridgehead atoms. The topological polar surface area (TPSA) is 105 Å². The van der Waals surface area contributed by atoms with Gasteiger partial charge in [0, 0.05) is 18.2 Å². The average molecular weight is 425 g/mol. The summed E-state index contributed by atoms with van der Waals surface area (Å²) < 4.78 is 28.4. The number of rotatable bonds is 6. The second-order valence-electron chi connectivity index (χ2n) is 7.51. The Hall–Kier alpha value is -3.49. The summed E-state index contributed by atoms with van der Waals surface area (Å²) in [4.78, 5) is 20.7. The van der Waals surface area contributed by atoms with Gasteiger partial charge in [-0.15, -0.1) is 0 Å². The predicted molar refractivity (Wildman–Crippen MR) is 112 cm³/mol. The normalized spacial score (nSPS) is 13.7. The molecule has 0 aliphatic heterocycles. The number of carbonyl (C=O) groups is 1. The molecular weight excluding hydrogens is 401 g/mol. The molecule has 1 fully saturated rings. The first-order valence-electron chi connectivity index (χ1n) is 10.2. The minimum absolute atomic E-state index is 0.0642. The van der Waals surface area contributed by atoms with Crippen LogP contribution in [-0.2, 0) is 11.8 Å². The van der Waals surface area contributed by atoms with Crippen LogP contribution >= 0.6 is 0 Å². The maximum absolute atomic E-state index is 15.8. The third kappa shape index (κ3) is 3.83. The van der Waals surface area contributed by atoms with Crippen molar-refractivity contribution < 1.29 is 18.7 Å². The van der Waals surface area contributed by atoms with Crippen LogP contribution in [0.1, 0.15) is 53.7 Å². The highest BCUT2D eigenvalue weighted by molar-refractivity contribution is 5.93. The van der Waals surface area contributed by atoms with Crippen LogP contribution in [0, 0.1) is 12.7 Å². The number of nitrogen functional groups attached to an aromatic ring is 1. The highest BCUT2D eigenvalue weighted by Crippen LogP contribution is 2.45. The Morgan fingerprint density at radius 2 is 2.06 bits per heavy atom. The molecular formula is C22H24FN5O3. The maximum Gasteiger partial charge on any atom is 0.345 e. The van der Waals surface area contributed by atoms with Crippen LogP contribution in [0.3, 0.4) is 0 Å². The zero-order valence-corrected chi connectivity index (χ0v) is 17.7. The summed E-state index contributed by atoms with van der Waals surface area (Å²) in [6.45, 7) is 3.61. The number of hydrogen-bond acceptors (Lipinski definition) is 7. The standard InChI is InChI=1S/C22H24FN5O3/c1-4-30-22(29)18-12(2)27-28(3)21(18)31-20-14(13-6-5-7-13)8-9-15(19(20)23)16-10-26-17(24)11-25-16/h8-11,13H,4-7H2,1-3H3,(H2,24,26). The average Bonchev–Trinajstić information content (AvgIpc) is 2.97. The van der Waals surface area contributed by atoms with Gasteiger partial charge in [0.15, 0.2) is 11.6 Å². The lowest BCUT2D eigenvalue weighted by molar-refractivity contribution is 0.0522. The van der Waals surface area contributed by atoms with Gasteiger partial charge in [-0.05, 0) is 38.7 Å². The van der Waals surface area contributed by atoms with E-state index >= 15 is 4.39 Å². The van der Waals surface area contributed by atoms with E-state index in [-0.39, 0.29) is 41.1 Å². The molecule has 0 amide bonds. The largest absolute Gasteiger partial charge is 0.462 e. The summed E-state index contributed by atoms with van der Waals surface area (Å²) in [5.74, 6) is -0.496. The number of nitrogens with zero attached hydrogens (tertiary/aromatic N) is 4. The van der Waals surface area contributed by atoms with Crippen molar-refractivity contribution in [3.63, 3.8) is 0 Å². The van der Waals surface area contributed by atoms with Crippen LogP contribution in [0.15, 0.2) is 24.5 Å². The first-order chi connectivity index (χ1) is 14.9. The van der Waals surface area contributed by atoms with Gasteiger partial charge in [0.25, 0.3) is 0 Å². The molecule has 0 saturated heterocycles. The van der Waals surface area contributed by atoms with Crippen molar-refractivity contribution in [2.24, 2.45) is 7.05 Å². The molecule has 0 spiro atoms. The van der Waals surface area contributed by atoms with Gasteiger partial charge in [0.05, 0.1) is 30.4 Å². The van der Waals surface area contributed by atoms with Gasteiger partial charge in [0.1, 0.15) is 11.4 Å². The van der Waals surface area contributed by atoms with Crippen LogP contribution < -0.4 is 10.5 Å². The van der Waals surface area contributed by atoms with Crippen molar-refractivity contribution in [1.29, 1.82) is 0 Å². The Morgan fingerprint density at radius 1 is 1.29 bits per heavy atom. The zero-order valence-electron chi connectivity index (χ0n) is 17.7. The number of hydrogen-bond donors (Lipinski definition) is 1. The number of esters is 1. The van der Waals surface area contributed by atoms with Gasteiger partial charge < -0.3 is 15.2 Å². The first kappa shape index (κ1) is 20.8. The van der Waals surface area contributed by atoms with Crippen LogP contribution in [0.2, 0.25) is 0 Å². The molecule has 2 N–H and O–H groups in total. The van der Waals surface area contributed by atoms with E-state index in [1.165, 1.54) is 17.1 Å². The number of aryl methyl sites for hydroxylation is 2. The fourth-order valence-electron chi connectivity index (χ4n) is 3.68.